The molecule has 1 saturated carbocycles. The molecule has 0 amide bonds. The SMILES string of the molecule is CCC1CCC(NC(C)(C)COC)CC1. The van der Waals surface area contributed by atoms with Crippen LogP contribution < -0.4 is 5.32 Å². The molecule has 1 aliphatic carbocycles. The summed E-state index contributed by atoms with van der Waals surface area (Å²) in [6.07, 6.45) is 6.83. The third kappa shape index (κ3) is 4.52. The summed E-state index contributed by atoms with van der Waals surface area (Å²) in [6.45, 7) is 7.55. The minimum atomic E-state index is 0.123. The standard InChI is InChI=1S/C13H27NO/c1-5-11-6-8-12(9-7-11)14-13(2,3)10-15-4/h11-12,14H,5-10H2,1-4H3. The zero-order valence-electron chi connectivity index (χ0n) is 10.8. The molecule has 1 rings (SSSR count). The van der Waals surface area contributed by atoms with E-state index >= 15 is 0 Å². The highest BCUT2D eigenvalue weighted by atomic mass is 16.5. The van der Waals surface area contributed by atoms with Gasteiger partial charge in [-0.25, -0.2) is 0 Å². The van der Waals surface area contributed by atoms with Crippen LogP contribution in [0.1, 0.15) is 52.9 Å². The normalized spacial score (nSPS) is 28.0. The molecular weight excluding hydrogens is 186 g/mol. The van der Waals surface area contributed by atoms with E-state index in [1.165, 1.54) is 32.1 Å². The lowest BCUT2D eigenvalue weighted by atomic mass is 9.83. The summed E-state index contributed by atoms with van der Waals surface area (Å²) >= 11 is 0. The Morgan fingerprint density at radius 2 is 1.80 bits per heavy atom. The number of nitrogens with one attached hydrogen (secondary N) is 1. The van der Waals surface area contributed by atoms with E-state index < -0.39 is 0 Å². The topological polar surface area (TPSA) is 21.3 Å². The van der Waals surface area contributed by atoms with Crippen LogP contribution in [0, 0.1) is 5.92 Å². The summed E-state index contributed by atoms with van der Waals surface area (Å²) < 4.78 is 5.23. The van der Waals surface area contributed by atoms with Gasteiger partial charge in [-0.05, 0) is 45.4 Å². The lowest BCUT2D eigenvalue weighted by molar-refractivity contribution is 0.112. The zero-order valence-corrected chi connectivity index (χ0v) is 10.8. The average Bonchev–Trinajstić information content (AvgIpc) is 2.18. The summed E-state index contributed by atoms with van der Waals surface area (Å²) in [5, 5.41) is 3.72. The second-order valence-electron chi connectivity index (χ2n) is 5.59. The van der Waals surface area contributed by atoms with E-state index in [4.69, 9.17) is 4.74 Å². The molecule has 0 bridgehead atoms. The van der Waals surface area contributed by atoms with Crippen LogP contribution in [0.2, 0.25) is 0 Å². The van der Waals surface area contributed by atoms with Gasteiger partial charge in [-0.3, -0.25) is 0 Å². The van der Waals surface area contributed by atoms with E-state index in [1.54, 1.807) is 7.11 Å². The third-order valence-electron chi connectivity index (χ3n) is 3.52. The molecule has 0 saturated heterocycles. The van der Waals surface area contributed by atoms with Crippen LogP contribution in [0.3, 0.4) is 0 Å². The van der Waals surface area contributed by atoms with Crippen LogP contribution in [0.25, 0.3) is 0 Å². The highest BCUT2D eigenvalue weighted by Gasteiger charge is 2.25. The van der Waals surface area contributed by atoms with Crippen LogP contribution in [-0.2, 0) is 4.74 Å². The van der Waals surface area contributed by atoms with Gasteiger partial charge in [0.05, 0.1) is 6.61 Å². The molecule has 15 heavy (non-hydrogen) atoms. The van der Waals surface area contributed by atoms with Gasteiger partial charge in [0.25, 0.3) is 0 Å². The summed E-state index contributed by atoms with van der Waals surface area (Å²) in [7, 11) is 1.78. The fourth-order valence-electron chi connectivity index (χ4n) is 2.67. The minimum Gasteiger partial charge on any atom is -0.383 e. The predicted octanol–water partition coefficient (Wildman–Crippen LogP) is 2.97. The molecule has 0 aromatic carbocycles. The molecule has 0 aliphatic heterocycles. The molecule has 90 valence electrons. The van der Waals surface area contributed by atoms with Crippen molar-refractivity contribution in [3.05, 3.63) is 0 Å². The number of ether oxygens (including phenoxy) is 1. The van der Waals surface area contributed by atoms with Gasteiger partial charge in [0.15, 0.2) is 0 Å². The van der Waals surface area contributed by atoms with Crippen LogP contribution >= 0.6 is 0 Å². The fourth-order valence-corrected chi connectivity index (χ4v) is 2.67. The zero-order chi connectivity index (χ0) is 11.3. The van der Waals surface area contributed by atoms with Gasteiger partial charge in [0, 0.05) is 18.7 Å². The van der Waals surface area contributed by atoms with Crippen molar-refractivity contribution in [2.24, 2.45) is 5.92 Å². The molecule has 0 unspecified atom stereocenters. The van der Waals surface area contributed by atoms with Crippen molar-refractivity contribution in [3.63, 3.8) is 0 Å². The van der Waals surface area contributed by atoms with E-state index in [0.29, 0.717) is 6.04 Å². The van der Waals surface area contributed by atoms with Crippen LogP contribution in [0.5, 0.6) is 0 Å². The molecular formula is C13H27NO. The minimum absolute atomic E-state index is 0.123. The monoisotopic (exact) mass is 213 g/mol. The second kappa shape index (κ2) is 5.86. The maximum atomic E-state index is 5.23. The molecule has 0 aromatic heterocycles. The Labute approximate surface area is 94.8 Å². The van der Waals surface area contributed by atoms with Crippen LogP contribution in [0.15, 0.2) is 0 Å². The molecule has 0 spiro atoms. The van der Waals surface area contributed by atoms with Gasteiger partial charge in [-0.2, -0.15) is 0 Å². The smallest absolute Gasteiger partial charge is 0.0639 e. The quantitative estimate of drug-likeness (QED) is 0.758. The maximum Gasteiger partial charge on any atom is 0.0639 e. The first kappa shape index (κ1) is 13.0. The average molecular weight is 213 g/mol. The Morgan fingerprint density at radius 3 is 2.27 bits per heavy atom. The first-order chi connectivity index (χ1) is 7.07. The van der Waals surface area contributed by atoms with Crippen molar-refractivity contribution < 1.29 is 4.74 Å². The van der Waals surface area contributed by atoms with Crippen molar-refractivity contribution in [2.45, 2.75) is 64.5 Å². The summed E-state index contributed by atoms with van der Waals surface area (Å²) in [5.41, 5.74) is 0.123. The van der Waals surface area contributed by atoms with E-state index in [1.807, 2.05) is 0 Å². The Kier molecular flexibility index (Phi) is 5.07. The van der Waals surface area contributed by atoms with Gasteiger partial charge >= 0.3 is 0 Å². The van der Waals surface area contributed by atoms with Gasteiger partial charge in [-0.15, -0.1) is 0 Å². The number of hydrogen-bond donors (Lipinski definition) is 1. The molecule has 0 radical (unpaired) electrons. The third-order valence-corrected chi connectivity index (χ3v) is 3.52. The van der Waals surface area contributed by atoms with Gasteiger partial charge in [0.2, 0.25) is 0 Å². The second-order valence-corrected chi connectivity index (χ2v) is 5.59. The first-order valence-corrected chi connectivity index (χ1v) is 6.34. The first-order valence-electron chi connectivity index (χ1n) is 6.34. The number of methoxy groups -OCH3 is 1. The summed E-state index contributed by atoms with van der Waals surface area (Å²) in [5.74, 6) is 0.980. The molecule has 1 fully saturated rings. The maximum absolute atomic E-state index is 5.23. The van der Waals surface area contributed by atoms with Crippen molar-refractivity contribution >= 4 is 0 Å². The molecule has 2 heteroatoms. The van der Waals surface area contributed by atoms with Crippen LogP contribution in [-0.4, -0.2) is 25.3 Å². The summed E-state index contributed by atoms with van der Waals surface area (Å²) in [6, 6.07) is 0.706. The highest BCUT2D eigenvalue weighted by molar-refractivity contribution is 4.85. The Balaban J connectivity index is 2.28. The van der Waals surface area contributed by atoms with Gasteiger partial charge in [0.1, 0.15) is 0 Å². The van der Waals surface area contributed by atoms with E-state index in [-0.39, 0.29) is 5.54 Å². The van der Waals surface area contributed by atoms with E-state index in [0.717, 1.165) is 12.5 Å². The lowest BCUT2D eigenvalue weighted by Gasteiger charge is -2.35. The molecule has 0 aromatic rings. The Hall–Kier alpha value is -0.0800. The van der Waals surface area contributed by atoms with E-state index in [9.17, 15) is 0 Å². The molecule has 1 aliphatic rings. The number of hydrogen-bond acceptors (Lipinski definition) is 2. The van der Waals surface area contributed by atoms with Crippen molar-refractivity contribution in [1.82, 2.24) is 5.32 Å². The molecule has 1 N–H and O–H groups in total. The summed E-state index contributed by atoms with van der Waals surface area (Å²) in [4.78, 5) is 0. The van der Waals surface area contributed by atoms with Crippen LogP contribution in [0.4, 0.5) is 0 Å². The van der Waals surface area contributed by atoms with E-state index in [2.05, 4.69) is 26.1 Å². The fraction of sp³-hybridized carbons (Fsp3) is 1.00. The molecule has 0 atom stereocenters. The van der Waals surface area contributed by atoms with Gasteiger partial charge < -0.3 is 10.1 Å². The van der Waals surface area contributed by atoms with Crippen molar-refractivity contribution in [2.75, 3.05) is 13.7 Å². The van der Waals surface area contributed by atoms with Crippen molar-refractivity contribution in [3.8, 4) is 0 Å². The largest absolute Gasteiger partial charge is 0.383 e. The lowest BCUT2D eigenvalue weighted by Crippen LogP contribution is -2.50. The molecule has 2 nitrogen and oxygen atoms in total. The molecule has 0 heterocycles. The Bertz CT molecular complexity index is 171. The van der Waals surface area contributed by atoms with Crippen molar-refractivity contribution in [1.29, 1.82) is 0 Å². The number of rotatable bonds is 5. The highest BCUT2D eigenvalue weighted by Crippen LogP contribution is 2.27. The Morgan fingerprint density at radius 1 is 1.20 bits per heavy atom. The van der Waals surface area contributed by atoms with Gasteiger partial charge in [-0.1, -0.05) is 13.3 Å². The predicted molar refractivity (Wildman–Crippen MR) is 65.1 cm³/mol.